The number of furan rings is 1. The van der Waals surface area contributed by atoms with Crippen LogP contribution in [0.25, 0.3) is 0 Å². The van der Waals surface area contributed by atoms with Gasteiger partial charge < -0.3 is 4.42 Å². The van der Waals surface area contributed by atoms with E-state index in [0.717, 1.165) is 0 Å². The van der Waals surface area contributed by atoms with Crippen molar-refractivity contribution in [3.63, 3.8) is 0 Å². The number of rotatable bonds is 0. The van der Waals surface area contributed by atoms with Crippen molar-refractivity contribution in [3.8, 4) is 0 Å². The Bertz CT molecular complexity index is 144. The minimum absolute atomic E-state index is 0.0694. The van der Waals surface area contributed by atoms with Gasteiger partial charge in [-0.3, -0.25) is 0 Å². The molecule has 0 atom stereocenters. The third-order valence-corrected chi connectivity index (χ3v) is 0.876. The van der Waals surface area contributed by atoms with Crippen LogP contribution in [0.15, 0.2) is 21.8 Å². The van der Waals surface area contributed by atoms with Crippen molar-refractivity contribution >= 4 is 12.6 Å². The van der Waals surface area contributed by atoms with Gasteiger partial charge in [-0.15, -0.1) is 0 Å². The summed E-state index contributed by atoms with van der Waals surface area (Å²) in [5.74, 6) is -0.463. The van der Waals surface area contributed by atoms with Crippen LogP contribution in [-0.2, 0) is 0 Å². The molecule has 1 aromatic rings. The molecular formula is C4H2FOS. The quantitative estimate of drug-likeness (QED) is 0.506. The SMILES string of the molecule is Fc1ccoc1[S]. The average Bonchev–Trinajstić information content (AvgIpc) is 1.91. The molecule has 37 valence electrons. The van der Waals surface area contributed by atoms with Gasteiger partial charge in [-0.05, 0) is 12.6 Å². The maximum absolute atomic E-state index is 11.9. The minimum atomic E-state index is -0.463. The van der Waals surface area contributed by atoms with Gasteiger partial charge in [0.15, 0.2) is 5.82 Å². The molecule has 0 aliphatic rings. The van der Waals surface area contributed by atoms with Crippen LogP contribution in [0, 0.1) is 5.82 Å². The van der Waals surface area contributed by atoms with Crippen molar-refractivity contribution in [2.24, 2.45) is 0 Å². The summed E-state index contributed by atoms with van der Waals surface area (Å²) in [4.78, 5) is 0. The predicted molar refractivity (Wildman–Crippen MR) is 24.5 cm³/mol. The summed E-state index contributed by atoms with van der Waals surface area (Å²) in [6.45, 7) is 0. The second-order valence-electron chi connectivity index (χ2n) is 1.06. The van der Waals surface area contributed by atoms with Crippen molar-refractivity contribution in [2.45, 2.75) is 5.09 Å². The molecule has 1 heterocycles. The summed E-state index contributed by atoms with van der Waals surface area (Å²) in [5, 5.41) is -0.0694. The summed E-state index contributed by atoms with van der Waals surface area (Å²) in [6, 6.07) is 1.18. The van der Waals surface area contributed by atoms with Crippen molar-refractivity contribution < 1.29 is 8.81 Å². The first-order valence-electron chi connectivity index (χ1n) is 1.70. The molecule has 0 N–H and O–H groups in total. The highest BCUT2D eigenvalue weighted by molar-refractivity contribution is 7.80. The molecular weight excluding hydrogens is 115 g/mol. The highest BCUT2D eigenvalue weighted by Crippen LogP contribution is 2.10. The Morgan fingerprint density at radius 1 is 1.71 bits per heavy atom. The molecule has 0 saturated heterocycles. The van der Waals surface area contributed by atoms with Crippen molar-refractivity contribution in [2.75, 3.05) is 0 Å². The first-order chi connectivity index (χ1) is 3.30. The summed E-state index contributed by atoms with van der Waals surface area (Å²) >= 11 is 4.34. The van der Waals surface area contributed by atoms with Gasteiger partial charge in [0.2, 0.25) is 5.09 Å². The smallest absolute Gasteiger partial charge is 0.225 e. The zero-order chi connectivity index (χ0) is 5.28. The van der Waals surface area contributed by atoms with Crippen molar-refractivity contribution in [3.05, 3.63) is 18.1 Å². The largest absolute Gasteiger partial charge is 0.450 e. The van der Waals surface area contributed by atoms with Gasteiger partial charge >= 0.3 is 0 Å². The third-order valence-electron chi connectivity index (χ3n) is 0.584. The van der Waals surface area contributed by atoms with E-state index < -0.39 is 5.82 Å². The molecule has 0 saturated carbocycles. The summed E-state index contributed by atoms with van der Waals surface area (Å²) < 4.78 is 16.3. The minimum Gasteiger partial charge on any atom is -0.450 e. The van der Waals surface area contributed by atoms with Crippen LogP contribution in [0.3, 0.4) is 0 Å². The summed E-state index contributed by atoms with van der Waals surface area (Å²) in [7, 11) is 0. The van der Waals surface area contributed by atoms with Crippen LogP contribution in [0.4, 0.5) is 4.39 Å². The number of hydrogen-bond donors (Lipinski definition) is 0. The fourth-order valence-corrected chi connectivity index (χ4v) is 0.403. The van der Waals surface area contributed by atoms with E-state index in [1.54, 1.807) is 0 Å². The van der Waals surface area contributed by atoms with Crippen LogP contribution in [-0.4, -0.2) is 0 Å². The van der Waals surface area contributed by atoms with Gasteiger partial charge in [0, 0.05) is 6.07 Å². The molecule has 0 spiro atoms. The van der Waals surface area contributed by atoms with Gasteiger partial charge in [-0.1, -0.05) is 0 Å². The van der Waals surface area contributed by atoms with E-state index in [2.05, 4.69) is 17.0 Å². The normalized spacial score (nSPS) is 9.29. The molecule has 0 fully saturated rings. The second kappa shape index (κ2) is 1.50. The molecule has 0 bridgehead atoms. The lowest BCUT2D eigenvalue weighted by Crippen LogP contribution is -1.59. The lowest BCUT2D eigenvalue weighted by molar-refractivity contribution is 0.435. The van der Waals surface area contributed by atoms with E-state index in [-0.39, 0.29) is 5.09 Å². The molecule has 0 aliphatic carbocycles. The van der Waals surface area contributed by atoms with Crippen LogP contribution >= 0.6 is 12.6 Å². The standard InChI is InChI=1S/C4H2FOS/c5-3-1-2-6-4(3)7/h1-2H. The highest BCUT2D eigenvalue weighted by Gasteiger charge is 1.97. The molecule has 7 heavy (non-hydrogen) atoms. The Morgan fingerprint density at radius 3 is 2.57 bits per heavy atom. The molecule has 0 amide bonds. The maximum Gasteiger partial charge on any atom is 0.225 e. The third kappa shape index (κ3) is 0.718. The molecule has 1 radical (unpaired) electrons. The van der Waals surface area contributed by atoms with E-state index in [9.17, 15) is 4.39 Å². The Kier molecular flexibility index (Phi) is 0.982. The van der Waals surface area contributed by atoms with Crippen LogP contribution in [0.2, 0.25) is 0 Å². The second-order valence-corrected chi connectivity index (χ2v) is 1.43. The first-order valence-corrected chi connectivity index (χ1v) is 2.11. The van der Waals surface area contributed by atoms with Crippen LogP contribution in [0.5, 0.6) is 0 Å². The predicted octanol–water partition coefficient (Wildman–Crippen LogP) is 1.98. The van der Waals surface area contributed by atoms with E-state index in [0.29, 0.717) is 0 Å². The van der Waals surface area contributed by atoms with Gasteiger partial charge in [-0.25, -0.2) is 4.39 Å². The molecule has 0 unspecified atom stereocenters. The lowest BCUT2D eigenvalue weighted by atomic mass is 10.6. The molecule has 1 rings (SSSR count). The summed E-state index contributed by atoms with van der Waals surface area (Å²) in [6.07, 6.45) is 1.22. The monoisotopic (exact) mass is 117 g/mol. The zero-order valence-corrected chi connectivity index (χ0v) is 4.17. The van der Waals surface area contributed by atoms with Gasteiger partial charge in [0.05, 0.1) is 6.26 Å². The molecule has 1 nitrogen and oxygen atoms in total. The fraction of sp³-hybridized carbons (Fsp3) is 0. The Balaban J connectivity index is 3.12. The van der Waals surface area contributed by atoms with Gasteiger partial charge in [-0.2, -0.15) is 0 Å². The fourth-order valence-electron chi connectivity index (χ4n) is 0.280. The van der Waals surface area contributed by atoms with E-state index in [1.165, 1.54) is 12.3 Å². The Morgan fingerprint density at radius 2 is 2.43 bits per heavy atom. The molecule has 0 aliphatic heterocycles. The number of halogens is 1. The van der Waals surface area contributed by atoms with E-state index in [1.807, 2.05) is 0 Å². The van der Waals surface area contributed by atoms with Gasteiger partial charge in [0.1, 0.15) is 0 Å². The average molecular weight is 117 g/mol. The van der Waals surface area contributed by atoms with Crippen molar-refractivity contribution in [1.82, 2.24) is 0 Å². The zero-order valence-electron chi connectivity index (χ0n) is 3.35. The van der Waals surface area contributed by atoms with E-state index in [4.69, 9.17) is 0 Å². The first kappa shape index (κ1) is 4.59. The Labute approximate surface area is 45.5 Å². The van der Waals surface area contributed by atoms with Crippen LogP contribution in [0.1, 0.15) is 0 Å². The number of hydrogen-bond acceptors (Lipinski definition) is 1. The van der Waals surface area contributed by atoms with Crippen LogP contribution < -0.4 is 0 Å². The summed E-state index contributed by atoms with van der Waals surface area (Å²) in [5.41, 5.74) is 0. The van der Waals surface area contributed by atoms with Crippen molar-refractivity contribution in [1.29, 1.82) is 0 Å². The lowest BCUT2D eigenvalue weighted by Gasteiger charge is -1.71. The Hall–Kier alpha value is -0.570. The van der Waals surface area contributed by atoms with E-state index >= 15 is 0 Å². The van der Waals surface area contributed by atoms with Gasteiger partial charge in [0.25, 0.3) is 0 Å². The molecule has 0 aromatic carbocycles. The molecule has 1 aromatic heterocycles. The highest BCUT2D eigenvalue weighted by atomic mass is 32.1. The maximum atomic E-state index is 11.9. The topological polar surface area (TPSA) is 13.1 Å². The molecule has 3 heteroatoms.